The number of sulfonamides is 1. The lowest BCUT2D eigenvalue weighted by Crippen LogP contribution is -2.29. The molecule has 5 rings (SSSR count). The van der Waals surface area contributed by atoms with Gasteiger partial charge in [-0.25, -0.2) is 21.9 Å². The molecule has 1 aromatic heterocycles. The van der Waals surface area contributed by atoms with Crippen LogP contribution in [0.4, 0.5) is 8.78 Å². The maximum Gasteiger partial charge on any atom is 0.264 e. The molecule has 0 spiro atoms. The summed E-state index contributed by atoms with van der Waals surface area (Å²) in [5.74, 6) is -2.92. The highest BCUT2D eigenvalue weighted by Gasteiger charge is 2.18. The maximum absolute atomic E-state index is 13.5. The van der Waals surface area contributed by atoms with E-state index in [0.717, 1.165) is 34.0 Å². The monoisotopic (exact) mass is 589 g/mol. The van der Waals surface area contributed by atoms with Gasteiger partial charge in [0.15, 0.2) is 11.6 Å². The van der Waals surface area contributed by atoms with Crippen molar-refractivity contribution < 1.29 is 26.7 Å². The summed E-state index contributed by atoms with van der Waals surface area (Å²) in [6.45, 7) is 0.387. The largest absolute Gasteiger partial charge is 0.493 e. The number of halogens is 2. The Kier molecular flexibility index (Phi) is 8.56. The number of carbonyl (C=O) groups excluding carboxylic acids is 1. The highest BCUT2D eigenvalue weighted by molar-refractivity contribution is 7.90. The van der Waals surface area contributed by atoms with Gasteiger partial charge in [0.05, 0.1) is 11.5 Å². The van der Waals surface area contributed by atoms with E-state index in [1.807, 2.05) is 34.4 Å². The minimum atomic E-state index is -4.40. The minimum Gasteiger partial charge on any atom is -0.493 e. The molecule has 0 unspecified atom stereocenters. The fourth-order valence-corrected chi connectivity index (χ4v) is 5.91. The van der Waals surface area contributed by atoms with Crippen LogP contribution in [0.5, 0.6) is 5.75 Å². The van der Waals surface area contributed by atoms with Gasteiger partial charge in [0.25, 0.3) is 15.9 Å². The molecular weight excluding hydrogens is 564 g/mol. The summed E-state index contributed by atoms with van der Waals surface area (Å²) in [7, 11) is -4.40. The fourth-order valence-electron chi connectivity index (χ4n) is 4.29. The third kappa shape index (κ3) is 7.25. The van der Waals surface area contributed by atoms with Crippen LogP contribution in [0.15, 0.2) is 107 Å². The molecule has 9 heteroatoms. The third-order valence-electron chi connectivity index (χ3n) is 6.38. The molecule has 0 aliphatic carbocycles. The van der Waals surface area contributed by atoms with E-state index in [1.165, 1.54) is 11.6 Å². The number of carbonyl (C=O) groups is 1. The van der Waals surface area contributed by atoms with Crippen LogP contribution < -0.4 is 9.46 Å². The van der Waals surface area contributed by atoms with Crippen LogP contribution in [-0.4, -0.2) is 20.9 Å². The molecule has 5 nitrogen and oxygen atoms in total. The number of hydrogen-bond donors (Lipinski definition) is 1. The van der Waals surface area contributed by atoms with Crippen molar-refractivity contribution >= 4 is 44.1 Å². The predicted octanol–water partition coefficient (Wildman–Crippen LogP) is 6.91. The van der Waals surface area contributed by atoms with E-state index in [4.69, 9.17) is 4.74 Å². The lowest BCUT2D eigenvalue weighted by Gasteiger charge is -2.12. The van der Waals surface area contributed by atoms with Crippen molar-refractivity contribution in [1.29, 1.82) is 0 Å². The highest BCUT2D eigenvalue weighted by Crippen LogP contribution is 2.25. The second-order valence-corrected chi connectivity index (χ2v) is 11.8. The smallest absolute Gasteiger partial charge is 0.264 e. The van der Waals surface area contributed by atoms with E-state index in [0.29, 0.717) is 42.9 Å². The number of ether oxygens (including phenoxy) is 1. The first-order valence-electron chi connectivity index (χ1n) is 12.7. The van der Waals surface area contributed by atoms with Crippen LogP contribution in [0.1, 0.15) is 22.3 Å². The number of rotatable bonds is 10. The van der Waals surface area contributed by atoms with Gasteiger partial charge < -0.3 is 4.74 Å². The van der Waals surface area contributed by atoms with Crippen LogP contribution >= 0.6 is 11.3 Å². The molecule has 0 radical (unpaired) electrons. The normalized spacial score (nSPS) is 11.7. The van der Waals surface area contributed by atoms with Crippen molar-refractivity contribution in [2.75, 3.05) is 6.61 Å². The standard InChI is InChI=1S/C32H25F2NO4S2/c33-29-11-10-28(20-30(29)34)41(37,38)35-32(36)12-9-26-8-6-23(17-24-14-16-40-21-24)19-31(26)39-15-13-22-5-7-25-3-1-2-4-27(25)18-22/h1-12,14,16,18-21H,13,15,17H2,(H,35,36). The quantitative estimate of drug-likeness (QED) is 0.180. The van der Waals surface area contributed by atoms with Gasteiger partial charge in [-0.1, -0.05) is 54.6 Å². The summed E-state index contributed by atoms with van der Waals surface area (Å²) in [5.41, 5.74) is 3.89. The fraction of sp³-hybridized carbons (Fsp3) is 0.0938. The van der Waals surface area contributed by atoms with E-state index in [2.05, 4.69) is 41.8 Å². The molecule has 208 valence electrons. The number of amides is 1. The predicted molar refractivity (Wildman–Crippen MR) is 157 cm³/mol. The second-order valence-electron chi connectivity index (χ2n) is 9.34. The van der Waals surface area contributed by atoms with Crippen LogP contribution in [0.2, 0.25) is 0 Å². The first kappa shape index (κ1) is 28.2. The molecule has 0 atom stereocenters. The lowest BCUT2D eigenvalue weighted by molar-refractivity contribution is -0.114. The molecule has 5 aromatic rings. The van der Waals surface area contributed by atoms with Gasteiger partial charge in [-0.3, -0.25) is 4.79 Å². The van der Waals surface area contributed by atoms with Crippen molar-refractivity contribution in [1.82, 2.24) is 4.72 Å². The zero-order valence-electron chi connectivity index (χ0n) is 21.7. The molecule has 4 aromatic carbocycles. The van der Waals surface area contributed by atoms with Gasteiger partial charge in [-0.2, -0.15) is 11.3 Å². The number of benzene rings is 4. The Morgan fingerprint density at radius 3 is 2.44 bits per heavy atom. The van der Waals surface area contributed by atoms with Gasteiger partial charge in [-0.05, 0) is 81.1 Å². The van der Waals surface area contributed by atoms with Gasteiger partial charge >= 0.3 is 0 Å². The molecule has 1 heterocycles. The average Bonchev–Trinajstić information content (AvgIpc) is 3.47. The van der Waals surface area contributed by atoms with Gasteiger partial charge in [0, 0.05) is 18.1 Å². The summed E-state index contributed by atoms with van der Waals surface area (Å²) < 4.78 is 59.6. The molecule has 1 amide bonds. The van der Waals surface area contributed by atoms with Crippen LogP contribution in [0.3, 0.4) is 0 Å². The second kappa shape index (κ2) is 12.4. The molecule has 41 heavy (non-hydrogen) atoms. The van der Waals surface area contributed by atoms with Gasteiger partial charge in [-0.15, -0.1) is 0 Å². The third-order valence-corrected chi connectivity index (χ3v) is 8.46. The molecule has 1 N–H and O–H groups in total. The first-order valence-corrected chi connectivity index (χ1v) is 15.1. The van der Waals surface area contributed by atoms with E-state index < -0.39 is 32.5 Å². The number of nitrogens with one attached hydrogen (secondary N) is 1. The Labute approximate surface area is 240 Å². The van der Waals surface area contributed by atoms with E-state index in [-0.39, 0.29) is 0 Å². The van der Waals surface area contributed by atoms with Crippen LogP contribution in [0, 0.1) is 11.6 Å². The Balaban J connectivity index is 1.31. The molecule has 0 bridgehead atoms. The molecule has 0 saturated heterocycles. The zero-order valence-corrected chi connectivity index (χ0v) is 23.4. The van der Waals surface area contributed by atoms with Crippen LogP contribution in [-0.2, 0) is 27.7 Å². The van der Waals surface area contributed by atoms with E-state index in [1.54, 1.807) is 17.4 Å². The number of hydrogen-bond acceptors (Lipinski definition) is 5. The summed E-state index contributed by atoms with van der Waals surface area (Å²) in [5, 5.41) is 6.40. The highest BCUT2D eigenvalue weighted by atomic mass is 32.2. The van der Waals surface area contributed by atoms with Crippen molar-refractivity contribution in [3.63, 3.8) is 0 Å². The molecule has 0 aliphatic heterocycles. The lowest BCUT2D eigenvalue weighted by atomic mass is 10.0. The molecule has 0 saturated carbocycles. The van der Waals surface area contributed by atoms with Crippen molar-refractivity contribution in [3.05, 3.63) is 136 Å². The van der Waals surface area contributed by atoms with Crippen LogP contribution in [0.25, 0.3) is 16.8 Å². The number of fused-ring (bicyclic) bond motifs is 1. The Hall–Kier alpha value is -4.34. The summed E-state index contributed by atoms with van der Waals surface area (Å²) in [4.78, 5) is 11.9. The van der Waals surface area contributed by atoms with Crippen molar-refractivity contribution in [2.24, 2.45) is 0 Å². The van der Waals surface area contributed by atoms with Crippen molar-refractivity contribution in [2.45, 2.75) is 17.7 Å². The van der Waals surface area contributed by atoms with Crippen molar-refractivity contribution in [3.8, 4) is 5.75 Å². The zero-order chi connectivity index (χ0) is 28.8. The number of thiophene rings is 1. The van der Waals surface area contributed by atoms with Gasteiger partial charge in [0.1, 0.15) is 5.75 Å². The SMILES string of the molecule is O=C(C=Cc1ccc(Cc2ccsc2)cc1OCCc1ccc2ccccc2c1)NS(=O)(=O)c1ccc(F)c(F)c1. The Bertz CT molecular complexity index is 1830. The maximum atomic E-state index is 13.5. The summed E-state index contributed by atoms with van der Waals surface area (Å²) >= 11 is 1.62. The molecule has 0 fully saturated rings. The first-order chi connectivity index (χ1) is 19.8. The summed E-state index contributed by atoms with van der Waals surface area (Å²) in [6.07, 6.45) is 3.88. The Morgan fingerprint density at radius 2 is 1.66 bits per heavy atom. The molecule has 0 aliphatic rings. The summed E-state index contributed by atoms with van der Waals surface area (Å²) in [6, 6.07) is 24.2. The molecular formula is C32H25F2NO4S2. The Morgan fingerprint density at radius 1 is 0.854 bits per heavy atom. The van der Waals surface area contributed by atoms with Gasteiger partial charge in [0.2, 0.25) is 0 Å². The average molecular weight is 590 g/mol. The van der Waals surface area contributed by atoms with E-state index in [9.17, 15) is 22.0 Å². The minimum absolute atomic E-state index is 0.387. The van der Waals surface area contributed by atoms with E-state index >= 15 is 0 Å². The topological polar surface area (TPSA) is 72.5 Å².